The third kappa shape index (κ3) is 3.24. The van der Waals surface area contributed by atoms with Gasteiger partial charge < -0.3 is 14.6 Å². The van der Waals surface area contributed by atoms with Gasteiger partial charge in [-0.1, -0.05) is 13.0 Å². The lowest BCUT2D eigenvalue weighted by atomic mass is 9.81. The highest BCUT2D eigenvalue weighted by Crippen LogP contribution is 2.52. The molecule has 0 amide bonds. The summed E-state index contributed by atoms with van der Waals surface area (Å²) in [4.78, 5) is 29.5. The summed E-state index contributed by atoms with van der Waals surface area (Å²) >= 11 is 0. The predicted molar refractivity (Wildman–Crippen MR) is 114 cm³/mol. The summed E-state index contributed by atoms with van der Waals surface area (Å²) in [7, 11) is 0. The molecule has 1 saturated carbocycles. The average Bonchev–Trinajstić information content (AvgIpc) is 3.19. The van der Waals surface area contributed by atoms with Gasteiger partial charge in [-0.05, 0) is 68.5 Å². The van der Waals surface area contributed by atoms with E-state index in [1.807, 2.05) is 39.0 Å². The smallest absolute Gasteiger partial charge is 0.338 e. The molecule has 1 unspecified atom stereocenters. The number of carbonyl (C=O) groups is 2. The quantitative estimate of drug-likeness (QED) is 0.586. The van der Waals surface area contributed by atoms with Crippen LogP contribution in [0.3, 0.4) is 0 Å². The van der Waals surface area contributed by atoms with E-state index < -0.39 is 17.7 Å². The Kier molecular flexibility index (Phi) is 4.66. The van der Waals surface area contributed by atoms with Crippen molar-refractivity contribution in [3.05, 3.63) is 53.2 Å². The summed E-state index contributed by atoms with van der Waals surface area (Å²) in [5.41, 5.74) is 2.21. The zero-order valence-corrected chi connectivity index (χ0v) is 18.0. The van der Waals surface area contributed by atoms with E-state index in [0.717, 1.165) is 28.5 Å². The van der Waals surface area contributed by atoms with Gasteiger partial charge in [-0.2, -0.15) is 0 Å². The van der Waals surface area contributed by atoms with Gasteiger partial charge in [-0.15, -0.1) is 0 Å². The first-order chi connectivity index (χ1) is 14.8. The maximum atomic E-state index is 12.9. The molecule has 2 heterocycles. The normalized spacial score (nSPS) is 34.8. The lowest BCUT2D eigenvalue weighted by Gasteiger charge is -2.31. The topological polar surface area (TPSA) is 85.7 Å². The Bertz CT molecular complexity index is 1100. The summed E-state index contributed by atoms with van der Waals surface area (Å²) in [5, 5.41) is 12.1. The number of esters is 2. The Morgan fingerprint density at radius 1 is 1.32 bits per heavy atom. The minimum absolute atomic E-state index is 0.0522. The molecule has 162 valence electrons. The summed E-state index contributed by atoms with van der Waals surface area (Å²) in [6.07, 6.45) is 2.77. The van der Waals surface area contributed by atoms with Gasteiger partial charge in [0.15, 0.2) is 0 Å². The van der Waals surface area contributed by atoms with Crippen LogP contribution < -0.4 is 0 Å². The van der Waals surface area contributed by atoms with Crippen LogP contribution in [-0.4, -0.2) is 39.8 Å². The van der Waals surface area contributed by atoms with Gasteiger partial charge in [0.25, 0.3) is 0 Å². The number of fused-ring (bicyclic) bond motifs is 4. The molecule has 1 N–H and O–H groups in total. The molecule has 0 spiro atoms. The van der Waals surface area contributed by atoms with Crippen LogP contribution in [0.2, 0.25) is 0 Å². The second-order valence-corrected chi connectivity index (χ2v) is 9.44. The fraction of sp³-hybridized carbons (Fsp3) is 0.480. The van der Waals surface area contributed by atoms with E-state index in [-0.39, 0.29) is 29.8 Å². The number of hydrogen-bond acceptors (Lipinski definition) is 6. The first-order valence-electron chi connectivity index (χ1n) is 11.0. The maximum Gasteiger partial charge on any atom is 0.338 e. The van der Waals surface area contributed by atoms with Gasteiger partial charge in [-0.3, -0.25) is 9.78 Å². The van der Waals surface area contributed by atoms with Crippen molar-refractivity contribution in [3.63, 3.8) is 0 Å². The summed E-state index contributed by atoms with van der Waals surface area (Å²) in [6, 6.07) is 9.06. The average molecular weight is 421 g/mol. The number of aliphatic hydroxyl groups is 1. The molecular formula is C25H27NO5. The van der Waals surface area contributed by atoms with Crippen LogP contribution >= 0.6 is 0 Å². The number of nitrogens with zero attached hydrogens (tertiary/aromatic N) is 1. The van der Waals surface area contributed by atoms with Crippen molar-refractivity contribution in [1.29, 1.82) is 0 Å². The Labute approximate surface area is 181 Å². The molecule has 6 atom stereocenters. The Morgan fingerprint density at radius 2 is 2.13 bits per heavy atom. The van der Waals surface area contributed by atoms with Crippen molar-refractivity contribution >= 4 is 22.8 Å². The zero-order valence-electron chi connectivity index (χ0n) is 18.0. The van der Waals surface area contributed by atoms with E-state index in [1.165, 1.54) is 0 Å². The third-order valence-corrected chi connectivity index (χ3v) is 7.54. The van der Waals surface area contributed by atoms with Crippen molar-refractivity contribution < 1.29 is 24.2 Å². The van der Waals surface area contributed by atoms with Gasteiger partial charge in [0, 0.05) is 23.4 Å². The van der Waals surface area contributed by atoms with Crippen LogP contribution in [0.5, 0.6) is 0 Å². The molecular weight excluding hydrogens is 394 g/mol. The van der Waals surface area contributed by atoms with Crippen LogP contribution in [-0.2, 0) is 14.3 Å². The predicted octanol–water partition coefficient (Wildman–Crippen LogP) is 3.82. The first kappa shape index (κ1) is 20.2. The van der Waals surface area contributed by atoms with Crippen molar-refractivity contribution in [3.8, 4) is 0 Å². The van der Waals surface area contributed by atoms with Crippen molar-refractivity contribution in [1.82, 2.24) is 4.98 Å². The second kappa shape index (κ2) is 7.16. The number of benzene rings is 1. The molecule has 1 saturated heterocycles. The molecule has 2 aromatic rings. The molecule has 6 nitrogen and oxygen atoms in total. The highest BCUT2D eigenvalue weighted by atomic mass is 16.6. The molecule has 3 aliphatic rings. The van der Waals surface area contributed by atoms with Crippen molar-refractivity contribution in [2.75, 3.05) is 0 Å². The van der Waals surface area contributed by atoms with Crippen LogP contribution in [0, 0.1) is 17.8 Å². The minimum atomic E-state index is -0.928. The van der Waals surface area contributed by atoms with Gasteiger partial charge in [0.2, 0.25) is 0 Å². The number of carbonyl (C=O) groups excluding carboxylic acids is 2. The number of hydrogen-bond donors (Lipinski definition) is 1. The van der Waals surface area contributed by atoms with Crippen molar-refractivity contribution in [2.45, 2.75) is 57.8 Å². The molecule has 1 aromatic carbocycles. The second-order valence-electron chi connectivity index (χ2n) is 9.44. The molecule has 0 radical (unpaired) electrons. The number of rotatable bonds is 2. The van der Waals surface area contributed by atoms with E-state index >= 15 is 0 Å². The molecule has 1 aliphatic heterocycles. The highest BCUT2D eigenvalue weighted by molar-refractivity contribution is 5.94. The highest BCUT2D eigenvalue weighted by Gasteiger charge is 2.55. The van der Waals surface area contributed by atoms with Crippen LogP contribution in [0.15, 0.2) is 47.7 Å². The molecule has 2 fully saturated rings. The maximum absolute atomic E-state index is 12.9. The SMILES string of the molecule is CC1=C2C(C[C@@H]1OC(=O)c1ccc3ncccc3c1)[C@](C)(O)CC[C@H]1[C@H](C)C(=O)O[C@H]21. The largest absolute Gasteiger partial charge is 0.457 e. The third-order valence-electron chi connectivity index (χ3n) is 7.54. The number of pyridine rings is 1. The van der Waals surface area contributed by atoms with Gasteiger partial charge >= 0.3 is 11.9 Å². The van der Waals surface area contributed by atoms with E-state index in [2.05, 4.69) is 4.98 Å². The van der Waals surface area contributed by atoms with Gasteiger partial charge in [0.05, 0.1) is 22.6 Å². The van der Waals surface area contributed by atoms with Crippen LogP contribution in [0.1, 0.15) is 50.4 Å². The lowest BCUT2D eigenvalue weighted by Crippen LogP contribution is -2.35. The van der Waals surface area contributed by atoms with E-state index in [1.54, 1.807) is 18.3 Å². The van der Waals surface area contributed by atoms with Crippen molar-refractivity contribution in [2.24, 2.45) is 17.8 Å². The molecule has 2 aliphatic carbocycles. The Hall–Kier alpha value is -2.73. The summed E-state index contributed by atoms with van der Waals surface area (Å²) < 4.78 is 11.7. The lowest BCUT2D eigenvalue weighted by molar-refractivity contribution is -0.143. The molecule has 0 bridgehead atoms. The fourth-order valence-corrected chi connectivity index (χ4v) is 5.61. The minimum Gasteiger partial charge on any atom is -0.457 e. The van der Waals surface area contributed by atoms with E-state index in [9.17, 15) is 14.7 Å². The van der Waals surface area contributed by atoms with Gasteiger partial charge in [0.1, 0.15) is 12.2 Å². The fourth-order valence-electron chi connectivity index (χ4n) is 5.61. The molecule has 6 heteroatoms. The monoisotopic (exact) mass is 421 g/mol. The number of ether oxygens (including phenoxy) is 2. The zero-order chi connectivity index (χ0) is 21.9. The molecule has 1 aromatic heterocycles. The Morgan fingerprint density at radius 3 is 2.94 bits per heavy atom. The molecule has 5 rings (SSSR count). The van der Waals surface area contributed by atoms with Gasteiger partial charge in [-0.25, -0.2) is 4.79 Å². The summed E-state index contributed by atoms with van der Waals surface area (Å²) in [6.45, 7) is 5.69. The molecule has 31 heavy (non-hydrogen) atoms. The first-order valence-corrected chi connectivity index (χ1v) is 11.0. The van der Waals surface area contributed by atoms with Crippen LogP contribution in [0.4, 0.5) is 0 Å². The summed E-state index contributed by atoms with van der Waals surface area (Å²) in [5.74, 6) is -0.913. The standard InChI is InChI=1S/C25H27NO5/c1-13-17-8-9-25(3,29)18-12-20(14(2)21(18)22(17)31-23(13)27)30-24(28)16-6-7-19-15(11-16)5-4-10-26-19/h4-7,10-11,13,17-18,20,22,29H,8-9,12H2,1-3H3/t13-,17-,18?,20-,22-,25+/m0/s1. The number of aromatic nitrogens is 1. The van der Waals surface area contributed by atoms with E-state index in [4.69, 9.17) is 9.47 Å². The van der Waals surface area contributed by atoms with E-state index in [0.29, 0.717) is 18.4 Å². The Balaban J connectivity index is 1.45. The van der Waals surface area contributed by atoms with Crippen LogP contribution in [0.25, 0.3) is 10.9 Å².